The minimum Gasteiger partial charge on any atom is -0.370 e. The monoisotopic (exact) mass is 403 g/mol. The highest BCUT2D eigenvalue weighted by Gasteiger charge is 2.21. The van der Waals surface area contributed by atoms with Gasteiger partial charge in [-0.3, -0.25) is 4.98 Å². The summed E-state index contributed by atoms with van der Waals surface area (Å²) in [4.78, 5) is 9.87. The van der Waals surface area contributed by atoms with E-state index in [9.17, 15) is 0 Å². The van der Waals surface area contributed by atoms with Crippen LogP contribution in [0, 0.1) is 0 Å². The molecule has 3 heterocycles. The second kappa shape index (κ2) is 8.17. The van der Waals surface area contributed by atoms with E-state index in [1.807, 2.05) is 30.5 Å². The van der Waals surface area contributed by atoms with Crippen LogP contribution in [-0.4, -0.2) is 42.6 Å². The average molecular weight is 404 g/mol. The molecule has 5 rings (SSSR count). The second-order valence-corrected chi connectivity index (χ2v) is 8.50. The molecule has 3 nitrogen and oxygen atoms in total. The molecule has 3 aromatic rings. The second-order valence-electron chi connectivity index (χ2n) is 8.07. The van der Waals surface area contributed by atoms with Crippen molar-refractivity contribution in [2.24, 2.45) is 0 Å². The summed E-state index contributed by atoms with van der Waals surface area (Å²) in [6.07, 6.45) is 5.81. The zero-order valence-corrected chi connectivity index (χ0v) is 17.4. The first-order chi connectivity index (χ1) is 14.3. The topological polar surface area (TPSA) is 19.4 Å². The van der Waals surface area contributed by atoms with E-state index in [2.05, 4.69) is 40.1 Å². The Morgan fingerprint density at radius 3 is 2.31 bits per heavy atom. The van der Waals surface area contributed by atoms with Gasteiger partial charge in [-0.25, -0.2) is 0 Å². The summed E-state index contributed by atoms with van der Waals surface area (Å²) in [7, 11) is 0. The number of aromatic nitrogens is 1. The largest absolute Gasteiger partial charge is 0.370 e. The Bertz CT molecular complexity index is 976. The summed E-state index contributed by atoms with van der Waals surface area (Å²) in [5.41, 5.74) is 7.34. The Morgan fingerprint density at radius 2 is 1.55 bits per heavy atom. The Labute approximate surface area is 177 Å². The van der Waals surface area contributed by atoms with Crippen molar-refractivity contribution in [2.75, 3.05) is 37.6 Å². The maximum absolute atomic E-state index is 5.99. The number of rotatable bonds is 5. The molecule has 29 heavy (non-hydrogen) atoms. The minimum atomic E-state index is 0.756. The molecule has 0 unspecified atom stereocenters. The van der Waals surface area contributed by atoms with Crippen molar-refractivity contribution in [2.45, 2.75) is 19.3 Å². The summed E-state index contributed by atoms with van der Waals surface area (Å²) in [6.45, 7) is 6.01. The van der Waals surface area contributed by atoms with E-state index in [-0.39, 0.29) is 0 Å². The lowest BCUT2D eigenvalue weighted by Gasteiger charge is -2.23. The first-order valence-electron chi connectivity index (χ1n) is 10.6. The number of benzene rings is 2. The third kappa shape index (κ3) is 4.03. The van der Waals surface area contributed by atoms with Gasteiger partial charge in [0.05, 0.1) is 5.69 Å². The molecule has 1 aromatic heterocycles. The number of nitrogens with zero attached hydrogens (tertiary/aromatic N) is 3. The quantitative estimate of drug-likeness (QED) is 0.558. The zero-order chi connectivity index (χ0) is 19.6. The lowest BCUT2D eigenvalue weighted by molar-refractivity contribution is 0.345. The molecule has 0 bridgehead atoms. The Balaban J connectivity index is 1.30. The first-order valence-corrected chi connectivity index (χ1v) is 11.0. The number of hydrogen-bond donors (Lipinski definition) is 0. The van der Waals surface area contributed by atoms with E-state index in [0.29, 0.717) is 0 Å². The molecule has 0 saturated carbocycles. The van der Waals surface area contributed by atoms with Crippen LogP contribution in [0.25, 0.3) is 22.4 Å². The Morgan fingerprint density at radius 1 is 0.793 bits per heavy atom. The van der Waals surface area contributed by atoms with Gasteiger partial charge in [0.2, 0.25) is 0 Å². The maximum atomic E-state index is 5.99. The maximum Gasteiger partial charge on any atom is 0.0702 e. The van der Waals surface area contributed by atoms with Gasteiger partial charge in [0.25, 0.3) is 0 Å². The first kappa shape index (κ1) is 18.7. The van der Waals surface area contributed by atoms with E-state index < -0.39 is 0 Å². The number of anilines is 1. The molecule has 2 aliphatic rings. The summed E-state index contributed by atoms with van der Waals surface area (Å²) in [5, 5.41) is 0.756. The van der Waals surface area contributed by atoms with Gasteiger partial charge in [-0.1, -0.05) is 35.9 Å². The molecule has 0 radical (unpaired) electrons. The van der Waals surface area contributed by atoms with Crippen LogP contribution >= 0.6 is 11.6 Å². The van der Waals surface area contributed by atoms with Crippen LogP contribution in [0.4, 0.5) is 5.69 Å². The van der Waals surface area contributed by atoms with E-state index >= 15 is 0 Å². The molecule has 2 aromatic carbocycles. The van der Waals surface area contributed by atoms with Crippen molar-refractivity contribution in [3.63, 3.8) is 0 Å². The fourth-order valence-electron chi connectivity index (χ4n) is 4.51. The molecule has 1 fully saturated rings. The SMILES string of the molecule is Clc1ccc(-c2ccc(-c3ccc4c(c3)CCN4CCN3CCCC3)nc2)cc1. The molecule has 0 N–H and O–H groups in total. The summed E-state index contributed by atoms with van der Waals surface area (Å²) < 4.78 is 0. The van der Waals surface area contributed by atoms with Gasteiger partial charge in [-0.15, -0.1) is 0 Å². The highest BCUT2D eigenvalue weighted by atomic mass is 35.5. The number of pyridine rings is 1. The van der Waals surface area contributed by atoms with Crippen LogP contribution in [0.3, 0.4) is 0 Å². The van der Waals surface area contributed by atoms with Gasteiger partial charge in [0.15, 0.2) is 0 Å². The summed E-state index contributed by atoms with van der Waals surface area (Å²) in [6, 6.07) is 19.0. The predicted octanol–water partition coefficient (Wildman–Crippen LogP) is 5.53. The van der Waals surface area contributed by atoms with Gasteiger partial charge in [-0.05, 0) is 73.8 Å². The molecule has 4 heteroatoms. The van der Waals surface area contributed by atoms with Crippen LogP contribution in [0.1, 0.15) is 18.4 Å². The molecular formula is C25H26ClN3. The molecule has 0 atom stereocenters. The highest BCUT2D eigenvalue weighted by molar-refractivity contribution is 6.30. The number of likely N-dealkylation sites (tertiary alicyclic amines) is 1. The zero-order valence-electron chi connectivity index (χ0n) is 16.6. The average Bonchev–Trinajstić information content (AvgIpc) is 3.42. The van der Waals surface area contributed by atoms with Crippen molar-refractivity contribution < 1.29 is 0 Å². The molecule has 148 valence electrons. The molecule has 1 saturated heterocycles. The molecular weight excluding hydrogens is 378 g/mol. The fraction of sp³-hybridized carbons (Fsp3) is 0.320. The van der Waals surface area contributed by atoms with Crippen molar-refractivity contribution >= 4 is 17.3 Å². The van der Waals surface area contributed by atoms with Crippen molar-refractivity contribution in [3.8, 4) is 22.4 Å². The summed E-state index contributed by atoms with van der Waals surface area (Å²) >= 11 is 5.99. The fourth-order valence-corrected chi connectivity index (χ4v) is 4.63. The van der Waals surface area contributed by atoms with Gasteiger partial charge in [0.1, 0.15) is 0 Å². The van der Waals surface area contributed by atoms with Crippen LogP contribution < -0.4 is 4.90 Å². The van der Waals surface area contributed by atoms with E-state index in [1.54, 1.807) is 0 Å². The lowest BCUT2D eigenvalue weighted by atomic mass is 10.0. The minimum absolute atomic E-state index is 0.756. The third-order valence-electron chi connectivity index (χ3n) is 6.19. The normalized spacial score (nSPS) is 16.4. The third-order valence-corrected chi connectivity index (χ3v) is 6.44. The Hall–Kier alpha value is -2.36. The molecule has 2 aliphatic heterocycles. The molecule has 0 amide bonds. The van der Waals surface area contributed by atoms with Crippen molar-refractivity contribution in [1.82, 2.24) is 9.88 Å². The van der Waals surface area contributed by atoms with Crippen LogP contribution in [0.2, 0.25) is 5.02 Å². The number of hydrogen-bond acceptors (Lipinski definition) is 3. The highest BCUT2D eigenvalue weighted by Crippen LogP contribution is 2.32. The van der Waals surface area contributed by atoms with Crippen LogP contribution in [0.15, 0.2) is 60.8 Å². The Kier molecular flexibility index (Phi) is 5.26. The van der Waals surface area contributed by atoms with Crippen molar-refractivity contribution in [3.05, 3.63) is 71.4 Å². The molecule has 0 aliphatic carbocycles. The lowest BCUT2D eigenvalue weighted by Crippen LogP contribution is -2.32. The van der Waals surface area contributed by atoms with E-state index in [1.165, 1.54) is 49.3 Å². The standard InChI is InChI=1S/C25H26ClN3/c26-23-7-3-19(4-8-23)22-5-9-24(27-18-22)20-6-10-25-21(17-20)11-14-29(25)16-15-28-12-1-2-13-28/h3-10,17-18H,1-2,11-16H2. The van der Waals surface area contributed by atoms with E-state index in [4.69, 9.17) is 16.6 Å². The number of fused-ring (bicyclic) bond motifs is 1. The molecule has 0 spiro atoms. The van der Waals surface area contributed by atoms with E-state index in [0.717, 1.165) is 41.4 Å². The smallest absolute Gasteiger partial charge is 0.0702 e. The van der Waals surface area contributed by atoms with Gasteiger partial charge in [-0.2, -0.15) is 0 Å². The van der Waals surface area contributed by atoms with Crippen LogP contribution in [0.5, 0.6) is 0 Å². The summed E-state index contributed by atoms with van der Waals surface area (Å²) in [5.74, 6) is 0. The predicted molar refractivity (Wildman–Crippen MR) is 122 cm³/mol. The van der Waals surface area contributed by atoms with Crippen molar-refractivity contribution in [1.29, 1.82) is 0 Å². The van der Waals surface area contributed by atoms with Crippen LogP contribution in [-0.2, 0) is 6.42 Å². The number of halogens is 1. The van der Waals surface area contributed by atoms with Gasteiger partial charge >= 0.3 is 0 Å². The van der Waals surface area contributed by atoms with Gasteiger partial charge < -0.3 is 9.80 Å². The van der Waals surface area contributed by atoms with Gasteiger partial charge in [0, 0.05) is 47.7 Å².